The molecule has 1 unspecified atom stereocenters. The number of amides is 2. The molecule has 2 aromatic rings. The van der Waals surface area contributed by atoms with Crippen LogP contribution < -0.4 is 21.1 Å². The van der Waals surface area contributed by atoms with Crippen LogP contribution in [-0.2, 0) is 14.3 Å². The van der Waals surface area contributed by atoms with Crippen molar-refractivity contribution in [3.05, 3.63) is 63.9 Å². The Balaban J connectivity index is 1.92. The van der Waals surface area contributed by atoms with Gasteiger partial charge in [0.2, 0.25) is 5.91 Å². The third-order valence-corrected chi connectivity index (χ3v) is 7.10. The molecule has 3 rings (SSSR count). The topological polar surface area (TPSA) is 137 Å². The quantitative estimate of drug-likeness (QED) is 0.313. The Hall–Kier alpha value is -3.50. The average Bonchev–Trinajstić information content (AvgIpc) is 2.89. The van der Waals surface area contributed by atoms with E-state index in [2.05, 4.69) is 10.6 Å². The third-order valence-electron chi connectivity index (χ3n) is 6.81. The van der Waals surface area contributed by atoms with Crippen LogP contribution in [0.15, 0.2) is 36.4 Å². The van der Waals surface area contributed by atoms with Gasteiger partial charge in [-0.3, -0.25) is 19.2 Å². The molecule has 4 N–H and O–H groups in total. The second-order valence-corrected chi connectivity index (χ2v) is 10.5. The first-order chi connectivity index (χ1) is 18.2. The summed E-state index contributed by atoms with van der Waals surface area (Å²) in [5, 5.41) is 5.08. The lowest BCUT2D eigenvalue weighted by atomic mass is 9.85. The molecule has 0 radical (unpaired) electrons. The molecule has 0 saturated carbocycles. The van der Waals surface area contributed by atoms with Gasteiger partial charge in [-0.1, -0.05) is 31.9 Å². The number of halogens is 2. The largest absolute Gasteiger partial charge is 0.484 e. The third kappa shape index (κ3) is 6.93. The lowest BCUT2D eigenvalue weighted by molar-refractivity contribution is -0.164. The standard InChI is InChI=1S/C28H33ClFN3O6/c1-6-14(2)23(31)27(37)32-13-22(35)38-25-24(33-26(36)17-7-9-20(30)19(29)12-17)18-11-16(15(3)34)8-10-21(18)39-28(25,4)5/h7-12,14,23-25H,6,13,31H2,1-5H3,(H,32,37)(H,33,36)/t14-,23-,24-,25?/m0/s1. The zero-order chi connectivity index (χ0) is 29.1. The van der Waals surface area contributed by atoms with Crippen molar-refractivity contribution in [2.75, 3.05) is 6.54 Å². The van der Waals surface area contributed by atoms with Gasteiger partial charge in [0, 0.05) is 16.7 Å². The van der Waals surface area contributed by atoms with E-state index in [-0.39, 0.29) is 22.3 Å². The number of hydrogen-bond donors (Lipinski definition) is 3. The van der Waals surface area contributed by atoms with Crippen LogP contribution in [0.1, 0.15) is 73.4 Å². The fourth-order valence-corrected chi connectivity index (χ4v) is 4.39. The number of carbonyl (C=O) groups is 4. The highest BCUT2D eigenvalue weighted by Gasteiger charge is 2.47. The normalized spacial score (nSPS) is 19.1. The number of ether oxygens (including phenoxy) is 2. The molecule has 0 spiro atoms. The average molecular weight is 562 g/mol. The number of fused-ring (bicyclic) bond motifs is 1. The fraction of sp³-hybridized carbons (Fsp3) is 0.429. The van der Waals surface area contributed by atoms with E-state index in [9.17, 15) is 23.6 Å². The van der Waals surface area contributed by atoms with Gasteiger partial charge in [-0.2, -0.15) is 0 Å². The molecule has 2 aromatic carbocycles. The Bertz CT molecular complexity index is 1280. The first kappa shape index (κ1) is 30.0. The van der Waals surface area contributed by atoms with Crippen molar-refractivity contribution in [3.63, 3.8) is 0 Å². The first-order valence-corrected chi connectivity index (χ1v) is 13.0. The smallest absolute Gasteiger partial charge is 0.325 e. The van der Waals surface area contributed by atoms with Crippen molar-refractivity contribution < 1.29 is 33.0 Å². The second kappa shape index (κ2) is 12.1. The van der Waals surface area contributed by atoms with Gasteiger partial charge in [0.25, 0.3) is 5.91 Å². The van der Waals surface area contributed by atoms with Crippen LogP contribution in [-0.4, -0.2) is 47.9 Å². The summed E-state index contributed by atoms with van der Waals surface area (Å²) >= 11 is 5.87. The van der Waals surface area contributed by atoms with Gasteiger partial charge in [0.15, 0.2) is 11.9 Å². The monoisotopic (exact) mass is 561 g/mol. The number of hydrogen-bond acceptors (Lipinski definition) is 7. The fourth-order valence-electron chi connectivity index (χ4n) is 4.21. The summed E-state index contributed by atoms with van der Waals surface area (Å²) in [7, 11) is 0. The summed E-state index contributed by atoms with van der Waals surface area (Å²) in [5.74, 6) is -2.49. The van der Waals surface area contributed by atoms with E-state index < -0.39 is 53.9 Å². The molecular weight excluding hydrogens is 529 g/mol. The predicted octanol–water partition coefficient (Wildman–Crippen LogP) is 3.73. The minimum Gasteiger partial charge on any atom is -0.484 e. The molecule has 210 valence electrons. The number of carbonyl (C=O) groups excluding carboxylic acids is 4. The van der Waals surface area contributed by atoms with Crippen molar-refractivity contribution >= 4 is 35.2 Å². The number of nitrogens with one attached hydrogen (secondary N) is 2. The highest BCUT2D eigenvalue weighted by Crippen LogP contribution is 2.42. The van der Waals surface area contributed by atoms with Crippen LogP contribution in [0.25, 0.3) is 0 Å². The molecule has 0 fully saturated rings. The summed E-state index contributed by atoms with van der Waals surface area (Å²) in [4.78, 5) is 50.5. The maximum absolute atomic E-state index is 13.7. The predicted molar refractivity (Wildman–Crippen MR) is 143 cm³/mol. The van der Waals surface area contributed by atoms with Gasteiger partial charge < -0.3 is 25.8 Å². The van der Waals surface area contributed by atoms with Gasteiger partial charge in [-0.15, -0.1) is 0 Å². The van der Waals surface area contributed by atoms with Crippen LogP contribution >= 0.6 is 11.6 Å². The summed E-state index contributed by atoms with van der Waals surface area (Å²) in [6.45, 7) is 8.04. The lowest BCUT2D eigenvalue weighted by Crippen LogP contribution is -2.56. The van der Waals surface area contributed by atoms with Crippen LogP contribution in [0.3, 0.4) is 0 Å². The van der Waals surface area contributed by atoms with Crippen molar-refractivity contribution in [3.8, 4) is 5.75 Å². The van der Waals surface area contributed by atoms with Crippen molar-refractivity contribution in [1.29, 1.82) is 0 Å². The zero-order valence-corrected chi connectivity index (χ0v) is 23.2. The molecule has 1 aliphatic rings. The molecular formula is C28H33ClFN3O6. The molecule has 0 aliphatic carbocycles. The number of rotatable bonds is 9. The Morgan fingerprint density at radius 1 is 1.15 bits per heavy atom. The minimum atomic E-state index is -1.14. The van der Waals surface area contributed by atoms with Crippen LogP contribution in [0.4, 0.5) is 4.39 Å². The van der Waals surface area contributed by atoms with E-state index in [4.69, 9.17) is 26.8 Å². The molecule has 0 saturated heterocycles. The highest BCUT2D eigenvalue weighted by molar-refractivity contribution is 6.31. The summed E-state index contributed by atoms with van der Waals surface area (Å²) in [5.41, 5.74) is 5.63. The Labute approximate surface area is 231 Å². The van der Waals surface area contributed by atoms with Crippen LogP contribution in [0.5, 0.6) is 5.75 Å². The van der Waals surface area contributed by atoms with Gasteiger partial charge in [0.1, 0.15) is 23.7 Å². The second-order valence-electron chi connectivity index (χ2n) is 10.1. The van der Waals surface area contributed by atoms with Crippen LogP contribution in [0, 0.1) is 11.7 Å². The van der Waals surface area contributed by atoms with Gasteiger partial charge in [-0.05, 0) is 63.1 Å². The number of Topliss-reactive ketones (excluding diaryl/α,β-unsaturated/α-hetero) is 1. The van der Waals surface area contributed by atoms with Crippen molar-refractivity contribution in [1.82, 2.24) is 10.6 Å². The molecule has 0 bridgehead atoms. The highest BCUT2D eigenvalue weighted by atomic mass is 35.5. The summed E-state index contributed by atoms with van der Waals surface area (Å²) in [6.07, 6.45) is -0.394. The van der Waals surface area contributed by atoms with Gasteiger partial charge in [-0.25, -0.2) is 4.39 Å². The molecule has 9 nitrogen and oxygen atoms in total. The van der Waals surface area contributed by atoms with Gasteiger partial charge >= 0.3 is 5.97 Å². The van der Waals surface area contributed by atoms with E-state index >= 15 is 0 Å². The molecule has 1 aliphatic heterocycles. The first-order valence-electron chi connectivity index (χ1n) is 12.6. The minimum absolute atomic E-state index is 0.0753. The van der Waals surface area contributed by atoms with E-state index in [1.807, 2.05) is 13.8 Å². The number of esters is 1. The summed E-state index contributed by atoms with van der Waals surface area (Å²) < 4.78 is 25.6. The SMILES string of the molecule is CC[C@H](C)[C@H](N)C(=O)NCC(=O)OC1[C@@H](NC(=O)c2ccc(F)c(Cl)c2)c2cc(C(C)=O)ccc2OC1(C)C. The Morgan fingerprint density at radius 3 is 2.44 bits per heavy atom. The maximum Gasteiger partial charge on any atom is 0.325 e. The van der Waals surface area contributed by atoms with Gasteiger partial charge in [0.05, 0.1) is 17.1 Å². The summed E-state index contributed by atoms with van der Waals surface area (Å²) in [6, 6.07) is 6.52. The number of nitrogens with two attached hydrogens (primary N) is 1. The number of benzene rings is 2. The molecule has 11 heteroatoms. The Morgan fingerprint density at radius 2 is 1.82 bits per heavy atom. The molecule has 4 atom stereocenters. The van der Waals surface area contributed by atoms with E-state index in [0.717, 1.165) is 6.07 Å². The molecule has 1 heterocycles. The molecule has 0 aromatic heterocycles. The van der Waals surface area contributed by atoms with Crippen molar-refractivity contribution in [2.45, 2.75) is 64.8 Å². The number of ketones is 1. The van der Waals surface area contributed by atoms with E-state index in [1.54, 1.807) is 32.0 Å². The van der Waals surface area contributed by atoms with Crippen molar-refractivity contribution in [2.24, 2.45) is 11.7 Å². The molecule has 2 amide bonds. The zero-order valence-electron chi connectivity index (χ0n) is 22.5. The maximum atomic E-state index is 13.7. The lowest BCUT2D eigenvalue weighted by Gasteiger charge is -2.44. The van der Waals surface area contributed by atoms with Crippen LogP contribution in [0.2, 0.25) is 5.02 Å². The van der Waals surface area contributed by atoms with E-state index in [0.29, 0.717) is 23.3 Å². The molecule has 39 heavy (non-hydrogen) atoms. The van der Waals surface area contributed by atoms with E-state index in [1.165, 1.54) is 19.1 Å². The Kier molecular flexibility index (Phi) is 9.34.